The Morgan fingerprint density at radius 1 is 0.885 bits per heavy atom. The summed E-state index contributed by atoms with van der Waals surface area (Å²) < 4.78 is 16.2. The zero-order chi connectivity index (χ0) is 19.3. The molecule has 5 heteroatoms. The van der Waals surface area contributed by atoms with Gasteiger partial charge in [-0.2, -0.15) is 0 Å². The summed E-state index contributed by atoms with van der Waals surface area (Å²) in [6.07, 6.45) is -1.09. The molecule has 2 aromatic carbocycles. The highest BCUT2D eigenvalue weighted by atomic mass is 16.5. The minimum absolute atomic E-state index is 0.307. The molecule has 0 saturated carbocycles. The lowest BCUT2D eigenvalue weighted by Crippen LogP contribution is -2.28. The quantitative estimate of drug-likeness (QED) is 0.573. The molecule has 0 aromatic heterocycles. The predicted molar refractivity (Wildman–Crippen MR) is 98.6 cm³/mol. The van der Waals surface area contributed by atoms with Crippen LogP contribution in [0, 0.1) is 5.41 Å². The van der Waals surface area contributed by atoms with E-state index in [-0.39, 0.29) is 5.78 Å². The Labute approximate surface area is 153 Å². The fourth-order valence-electron chi connectivity index (χ4n) is 2.29. The zero-order valence-corrected chi connectivity index (χ0v) is 15.7. The van der Waals surface area contributed by atoms with Crippen molar-refractivity contribution in [2.75, 3.05) is 14.2 Å². The van der Waals surface area contributed by atoms with E-state index in [0.29, 0.717) is 22.6 Å². The van der Waals surface area contributed by atoms with Crippen LogP contribution in [0.4, 0.5) is 0 Å². The van der Waals surface area contributed by atoms with Crippen LogP contribution in [0.2, 0.25) is 0 Å². The molecule has 0 N–H and O–H groups in total. The standard InChI is InChI=1S/C21H24O5/c1-21(2,3)20(23)26-19(18(22)14-9-7-6-8-10-14)15-11-16(24-4)13-17(12-15)25-5/h6-13,19H,1-5H3. The Balaban J connectivity index is 2.50. The van der Waals surface area contributed by atoms with Gasteiger partial charge in [-0.05, 0) is 32.9 Å². The molecule has 2 rings (SSSR count). The third kappa shape index (κ3) is 4.63. The minimum atomic E-state index is -1.09. The molecular weight excluding hydrogens is 332 g/mol. The topological polar surface area (TPSA) is 61.8 Å². The van der Waals surface area contributed by atoms with Crippen molar-refractivity contribution in [3.63, 3.8) is 0 Å². The second-order valence-corrected chi connectivity index (χ2v) is 6.91. The number of carbonyl (C=O) groups excluding carboxylic acids is 2. The van der Waals surface area contributed by atoms with Crippen molar-refractivity contribution in [3.8, 4) is 11.5 Å². The molecule has 1 unspecified atom stereocenters. The predicted octanol–water partition coefficient (Wildman–Crippen LogP) is 4.22. The molecule has 0 heterocycles. The first kappa shape index (κ1) is 19.5. The number of benzene rings is 2. The van der Waals surface area contributed by atoms with Gasteiger partial charge in [0.05, 0.1) is 19.6 Å². The minimum Gasteiger partial charge on any atom is -0.497 e. The number of carbonyl (C=O) groups is 2. The second kappa shape index (κ2) is 8.04. The molecule has 0 saturated heterocycles. The number of ether oxygens (including phenoxy) is 3. The smallest absolute Gasteiger partial charge is 0.312 e. The van der Waals surface area contributed by atoms with E-state index in [1.54, 1.807) is 63.2 Å². The Morgan fingerprint density at radius 2 is 1.42 bits per heavy atom. The third-order valence-electron chi connectivity index (χ3n) is 3.81. The van der Waals surface area contributed by atoms with Gasteiger partial charge in [0.1, 0.15) is 11.5 Å². The van der Waals surface area contributed by atoms with Crippen LogP contribution in [0.1, 0.15) is 42.8 Å². The number of ketones is 1. The lowest BCUT2D eigenvalue weighted by molar-refractivity contribution is -0.156. The van der Waals surface area contributed by atoms with Crippen molar-refractivity contribution in [3.05, 3.63) is 59.7 Å². The maximum Gasteiger partial charge on any atom is 0.312 e. The van der Waals surface area contributed by atoms with Crippen LogP contribution in [-0.4, -0.2) is 26.0 Å². The monoisotopic (exact) mass is 356 g/mol. The van der Waals surface area contributed by atoms with Gasteiger partial charge < -0.3 is 14.2 Å². The zero-order valence-electron chi connectivity index (χ0n) is 15.7. The van der Waals surface area contributed by atoms with Crippen molar-refractivity contribution in [1.82, 2.24) is 0 Å². The van der Waals surface area contributed by atoms with Crippen molar-refractivity contribution in [2.45, 2.75) is 26.9 Å². The first-order chi connectivity index (χ1) is 12.3. The Hall–Kier alpha value is -2.82. The first-order valence-electron chi connectivity index (χ1n) is 8.29. The van der Waals surface area contributed by atoms with Gasteiger partial charge in [-0.25, -0.2) is 0 Å². The molecule has 1 atom stereocenters. The van der Waals surface area contributed by atoms with E-state index in [4.69, 9.17) is 14.2 Å². The normalized spacial score (nSPS) is 12.2. The van der Waals surface area contributed by atoms with Crippen molar-refractivity contribution < 1.29 is 23.8 Å². The molecule has 0 radical (unpaired) electrons. The van der Waals surface area contributed by atoms with Gasteiger partial charge in [-0.1, -0.05) is 30.3 Å². The summed E-state index contributed by atoms with van der Waals surface area (Å²) in [5, 5.41) is 0. The first-order valence-corrected chi connectivity index (χ1v) is 8.29. The van der Waals surface area contributed by atoms with Crippen LogP contribution in [0.15, 0.2) is 48.5 Å². The van der Waals surface area contributed by atoms with Crippen LogP contribution in [0.25, 0.3) is 0 Å². The van der Waals surface area contributed by atoms with Gasteiger partial charge in [0.2, 0.25) is 5.78 Å². The Bertz CT molecular complexity index is 752. The van der Waals surface area contributed by atoms with Gasteiger partial charge >= 0.3 is 5.97 Å². The van der Waals surface area contributed by atoms with Crippen LogP contribution in [0.5, 0.6) is 11.5 Å². The fraction of sp³-hybridized carbons (Fsp3) is 0.333. The van der Waals surface area contributed by atoms with E-state index >= 15 is 0 Å². The average molecular weight is 356 g/mol. The lowest BCUT2D eigenvalue weighted by atomic mass is 9.95. The number of esters is 1. The highest BCUT2D eigenvalue weighted by molar-refractivity contribution is 6.01. The molecule has 2 aromatic rings. The largest absolute Gasteiger partial charge is 0.497 e. The summed E-state index contributed by atoms with van der Waals surface area (Å²) in [5.41, 5.74) is 0.215. The van der Waals surface area contributed by atoms with Crippen LogP contribution < -0.4 is 9.47 Å². The molecular formula is C21H24O5. The van der Waals surface area contributed by atoms with Gasteiger partial charge in [0, 0.05) is 17.2 Å². The van der Waals surface area contributed by atoms with E-state index in [2.05, 4.69) is 0 Å². The summed E-state index contributed by atoms with van der Waals surface area (Å²) in [5.74, 6) is 0.251. The molecule has 0 aliphatic rings. The number of methoxy groups -OCH3 is 2. The molecule has 0 aliphatic carbocycles. The lowest BCUT2D eigenvalue weighted by Gasteiger charge is -2.23. The van der Waals surface area contributed by atoms with E-state index < -0.39 is 17.5 Å². The van der Waals surface area contributed by atoms with Gasteiger partial charge in [-0.3, -0.25) is 9.59 Å². The summed E-state index contributed by atoms with van der Waals surface area (Å²) in [6.45, 7) is 5.22. The molecule has 138 valence electrons. The van der Waals surface area contributed by atoms with E-state index in [9.17, 15) is 9.59 Å². The Morgan fingerprint density at radius 3 is 1.88 bits per heavy atom. The SMILES string of the molecule is COc1cc(OC)cc(C(OC(=O)C(C)(C)C)C(=O)c2ccccc2)c1. The number of hydrogen-bond acceptors (Lipinski definition) is 5. The number of Topliss-reactive ketones (excluding diaryl/α,β-unsaturated/α-hetero) is 1. The van der Waals surface area contributed by atoms with Crippen molar-refractivity contribution in [1.29, 1.82) is 0 Å². The van der Waals surface area contributed by atoms with Gasteiger partial charge in [0.25, 0.3) is 0 Å². The number of hydrogen-bond donors (Lipinski definition) is 0. The van der Waals surface area contributed by atoms with E-state index in [1.807, 2.05) is 6.07 Å². The highest BCUT2D eigenvalue weighted by Gasteiger charge is 2.32. The van der Waals surface area contributed by atoms with E-state index in [1.165, 1.54) is 14.2 Å². The van der Waals surface area contributed by atoms with Crippen LogP contribution in [-0.2, 0) is 9.53 Å². The van der Waals surface area contributed by atoms with Crippen molar-refractivity contribution >= 4 is 11.8 Å². The molecule has 0 fully saturated rings. The van der Waals surface area contributed by atoms with Crippen molar-refractivity contribution in [2.24, 2.45) is 5.41 Å². The summed E-state index contributed by atoms with van der Waals surface area (Å²) in [6, 6.07) is 13.8. The summed E-state index contributed by atoms with van der Waals surface area (Å²) in [4.78, 5) is 25.5. The molecule has 5 nitrogen and oxygen atoms in total. The number of rotatable bonds is 6. The molecule has 26 heavy (non-hydrogen) atoms. The maximum absolute atomic E-state index is 13.0. The molecule has 0 spiro atoms. The van der Waals surface area contributed by atoms with E-state index in [0.717, 1.165) is 0 Å². The second-order valence-electron chi connectivity index (χ2n) is 6.91. The molecule has 0 aliphatic heterocycles. The van der Waals surface area contributed by atoms with Gasteiger partial charge in [0.15, 0.2) is 6.10 Å². The van der Waals surface area contributed by atoms with Gasteiger partial charge in [-0.15, -0.1) is 0 Å². The molecule has 0 bridgehead atoms. The highest BCUT2D eigenvalue weighted by Crippen LogP contribution is 2.32. The summed E-state index contributed by atoms with van der Waals surface area (Å²) in [7, 11) is 3.04. The van der Waals surface area contributed by atoms with Crippen LogP contribution >= 0.6 is 0 Å². The maximum atomic E-state index is 13.0. The third-order valence-corrected chi connectivity index (χ3v) is 3.81. The summed E-state index contributed by atoms with van der Waals surface area (Å²) >= 11 is 0. The fourth-order valence-corrected chi connectivity index (χ4v) is 2.29. The molecule has 0 amide bonds. The van der Waals surface area contributed by atoms with Crippen LogP contribution in [0.3, 0.4) is 0 Å². The average Bonchev–Trinajstić information content (AvgIpc) is 2.64. The Kier molecular flexibility index (Phi) is 6.03.